The molecule has 3 aromatic rings. The molecule has 0 aliphatic carbocycles. The van der Waals surface area contributed by atoms with E-state index in [1.165, 1.54) is 0 Å². The number of pyridine rings is 1. The Bertz CT molecular complexity index is 1180. The van der Waals surface area contributed by atoms with E-state index in [0.29, 0.717) is 48.1 Å². The lowest BCUT2D eigenvalue weighted by Gasteiger charge is -2.33. The summed E-state index contributed by atoms with van der Waals surface area (Å²) in [5, 5.41) is 5.91. The Labute approximate surface area is 186 Å². The van der Waals surface area contributed by atoms with Crippen LogP contribution in [0.2, 0.25) is 0 Å². The van der Waals surface area contributed by atoms with Gasteiger partial charge in [0.2, 0.25) is 0 Å². The number of methoxy groups -OCH3 is 1. The molecule has 4 rings (SSSR count). The van der Waals surface area contributed by atoms with Gasteiger partial charge in [-0.25, -0.2) is 14.8 Å². The summed E-state index contributed by atoms with van der Waals surface area (Å²) >= 11 is 0. The topological polar surface area (TPSA) is 101 Å². The maximum Gasteiger partial charge on any atom is 0.319 e. The molecule has 1 aromatic carbocycles. The Kier molecular flexibility index (Phi) is 6.25. The molecule has 3 heterocycles. The van der Waals surface area contributed by atoms with E-state index in [1.807, 2.05) is 49.1 Å². The van der Waals surface area contributed by atoms with Crippen LogP contribution in [-0.2, 0) is 6.54 Å². The van der Waals surface area contributed by atoms with Crippen molar-refractivity contribution in [1.82, 2.24) is 19.9 Å². The van der Waals surface area contributed by atoms with Crippen LogP contribution in [0.1, 0.15) is 25.3 Å². The first-order valence-electron chi connectivity index (χ1n) is 10.8. The van der Waals surface area contributed by atoms with Crippen LogP contribution in [0.4, 0.5) is 16.3 Å². The van der Waals surface area contributed by atoms with Crippen molar-refractivity contribution in [3.05, 3.63) is 52.4 Å². The quantitative estimate of drug-likeness (QED) is 0.638. The summed E-state index contributed by atoms with van der Waals surface area (Å²) in [6.45, 7) is 5.69. The van der Waals surface area contributed by atoms with Crippen molar-refractivity contribution < 1.29 is 9.53 Å². The first-order valence-corrected chi connectivity index (χ1v) is 10.8. The fraction of sp³-hybridized carbons (Fsp3) is 0.391. The molecule has 1 aliphatic rings. The molecule has 9 heteroatoms. The van der Waals surface area contributed by atoms with E-state index in [0.717, 1.165) is 18.4 Å². The van der Waals surface area contributed by atoms with Gasteiger partial charge in [0.25, 0.3) is 5.56 Å². The molecule has 0 spiro atoms. The van der Waals surface area contributed by atoms with Gasteiger partial charge >= 0.3 is 6.03 Å². The third-order valence-corrected chi connectivity index (χ3v) is 5.73. The lowest BCUT2D eigenvalue weighted by molar-refractivity contribution is 0.246. The van der Waals surface area contributed by atoms with Crippen LogP contribution < -0.4 is 25.8 Å². The Balaban J connectivity index is 1.42. The fourth-order valence-corrected chi connectivity index (χ4v) is 4.06. The van der Waals surface area contributed by atoms with Crippen molar-refractivity contribution in [2.75, 3.05) is 30.4 Å². The molecular formula is C23H28N6O3. The van der Waals surface area contributed by atoms with E-state index in [9.17, 15) is 9.59 Å². The number of hydrogen-bond donors (Lipinski definition) is 2. The molecule has 2 amide bonds. The van der Waals surface area contributed by atoms with E-state index in [1.54, 1.807) is 17.9 Å². The number of aromatic nitrogens is 3. The standard InChI is InChI=1S/C23H28N6O3/c1-4-29-20-17(6-5-11-24-20)26-21(22(29)30)28-12-9-16(10-13-28)25-23(31)27-18-14-15(2)7-8-19(18)32-3/h5-8,11,14,16H,4,9-10,12-13H2,1-3H3,(H2,25,27,31). The van der Waals surface area contributed by atoms with Gasteiger partial charge in [-0.2, -0.15) is 0 Å². The van der Waals surface area contributed by atoms with Gasteiger partial charge < -0.3 is 20.3 Å². The van der Waals surface area contributed by atoms with Crippen LogP contribution in [0.5, 0.6) is 5.75 Å². The van der Waals surface area contributed by atoms with Gasteiger partial charge in [0.15, 0.2) is 11.5 Å². The highest BCUT2D eigenvalue weighted by Crippen LogP contribution is 2.25. The van der Waals surface area contributed by atoms with E-state index in [2.05, 4.69) is 20.6 Å². The van der Waals surface area contributed by atoms with E-state index < -0.39 is 0 Å². The number of nitrogens with one attached hydrogen (secondary N) is 2. The summed E-state index contributed by atoms with van der Waals surface area (Å²) in [6.07, 6.45) is 3.11. The largest absolute Gasteiger partial charge is 0.495 e. The van der Waals surface area contributed by atoms with Crippen LogP contribution in [0, 0.1) is 6.92 Å². The number of amides is 2. The van der Waals surface area contributed by atoms with Crippen molar-refractivity contribution >= 4 is 28.7 Å². The van der Waals surface area contributed by atoms with E-state index >= 15 is 0 Å². The Hall–Kier alpha value is -3.62. The number of urea groups is 1. The molecule has 2 aromatic heterocycles. The number of nitrogens with zero attached hydrogens (tertiary/aromatic N) is 4. The van der Waals surface area contributed by atoms with Gasteiger partial charge in [-0.1, -0.05) is 6.07 Å². The van der Waals surface area contributed by atoms with Crippen LogP contribution in [0.15, 0.2) is 41.3 Å². The van der Waals surface area contributed by atoms with Gasteiger partial charge in [-0.15, -0.1) is 0 Å². The smallest absolute Gasteiger partial charge is 0.319 e. The lowest BCUT2D eigenvalue weighted by Crippen LogP contribution is -2.47. The number of carbonyl (C=O) groups excluding carboxylic acids is 1. The van der Waals surface area contributed by atoms with Crippen LogP contribution >= 0.6 is 0 Å². The van der Waals surface area contributed by atoms with Crippen LogP contribution in [-0.4, -0.2) is 46.8 Å². The number of anilines is 2. The van der Waals surface area contributed by atoms with Crippen molar-refractivity contribution in [2.45, 2.75) is 39.3 Å². The molecule has 0 saturated carbocycles. The third-order valence-electron chi connectivity index (χ3n) is 5.73. The van der Waals surface area contributed by atoms with E-state index in [-0.39, 0.29) is 17.6 Å². The summed E-state index contributed by atoms with van der Waals surface area (Å²) in [7, 11) is 1.58. The Morgan fingerprint density at radius 1 is 1.25 bits per heavy atom. The third kappa shape index (κ3) is 4.37. The zero-order valence-electron chi connectivity index (χ0n) is 18.6. The van der Waals surface area contributed by atoms with Crippen molar-refractivity contribution in [2.24, 2.45) is 0 Å². The number of aryl methyl sites for hydroxylation is 2. The van der Waals surface area contributed by atoms with Crippen molar-refractivity contribution in [1.29, 1.82) is 0 Å². The molecule has 0 radical (unpaired) electrons. The first-order chi connectivity index (χ1) is 15.5. The van der Waals surface area contributed by atoms with Crippen molar-refractivity contribution in [3.8, 4) is 5.75 Å². The maximum absolute atomic E-state index is 13.0. The minimum atomic E-state index is -0.268. The normalized spacial score (nSPS) is 14.4. The zero-order valence-corrected chi connectivity index (χ0v) is 18.6. The first kappa shape index (κ1) is 21.6. The second kappa shape index (κ2) is 9.25. The summed E-state index contributed by atoms with van der Waals surface area (Å²) < 4.78 is 6.98. The molecule has 2 N–H and O–H groups in total. The van der Waals surface area contributed by atoms with Crippen molar-refractivity contribution in [3.63, 3.8) is 0 Å². The number of ether oxygens (including phenoxy) is 1. The molecule has 0 bridgehead atoms. The highest BCUT2D eigenvalue weighted by molar-refractivity contribution is 5.91. The molecule has 9 nitrogen and oxygen atoms in total. The second-order valence-electron chi connectivity index (χ2n) is 7.89. The average molecular weight is 437 g/mol. The molecule has 0 unspecified atom stereocenters. The molecule has 1 saturated heterocycles. The number of fused-ring (bicyclic) bond motifs is 1. The molecule has 168 valence electrons. The molecule has 1 aliphatic heterocycles. The highest BCUT2D eigenvalue weighted by Gasteiger charge is 2.25. The molecule has 32 heavy (non-hydrogen) atoms. The summed E-state index contributed by atoms with van der Waals surface area (Å²) in [5.74, 6) is 1.06. The summed E-state index contributed by atoms with van der Waals surface area (Å²) in [6, 6.07) is 9.07. The number of piperidine rings is 1. The SMILES string of the molecule is CCn1c(=O)c(N2CCC(NC(=O)Nc3cc(C)ccc3OC)CC2)nc2cccnc21. The predicted octanol–water partition coefficient (Wildman–Crippen LogP) is 2.92. The monoisotopic (exact) mass is 436 g/mol. The number of carbonyl (C=O) groups is 1. The minimum absolute atomic E-state index is 0.0116. The number of rotatable bonds is 5. The van der Waals surface area contributed by atoms with Gasteiger partial charge in [0.05, 0.1) is 12.8 Å². The van der Waals surface area contributed by atoms with Gasteiger partial charge in [0.1, 0.15) is 11.3 Å². The molecule has 1 fully saturated rings. The Morgan fingerprint density at radius 3 is 2.75 bits per heavy atom. The predicted molar refractivity (Wildman–Crippen MR) is 125 cm³/mol. The van der Waals surface area contributed by atoms with E-state index in [4.69, 9.17) is 4.74 Å². The van der Waals surface area contributed by atoms with Crippen LogP contribution in [0.25, 0.3) is 11.2 Å². The van der Waals surface area contributed by atoms with Gasteiger partial charge in [0, 0.05) is 31.9 Å². The second-order valence-corrected chi connectivity index (χ2v) is 7.89. The van der Waals surface area contributed by atoms with Crippen LogP contribution in [0.3, 0.4) is 0 Å². The average Bonchev–Trinajstić information content (AvgIpc) is 2.79. The van der Waals surface area contributed by atoms with Gasteiger partial charge in [-0.3, -0.25) is 9.36 Å². The lowest BCUT2D eigenvalue weighted by atomic mass is 10.1. The number of benzene rings is 1. The fourth-order valence-electron chi connectivity index (χ4n) is 4.06. The summed E-state index contributed by atoms with van der Waals surface area (Å²) in [4.78, 5) is 36.4. The highest BCUT2D eigenvalue weighted by atomic mass is 16.5. The zero-order chi connectivity index (χ0) is 22.7. The molecule has 0 atom stereocenters. The maximum atomic E-state index is 13.0. The number of hydrogen-bond acceptors (Lipinski definition) is 6. The summed E-state index contributed by atoms with van der Waals surface area (Å²) in [5.41, 5.74) is 2.84. The molecular weight excluding hydrogens is 408 g/mol. The Morgan fingerprint density at radius 2 is 2.03 bits per heavy atom. The minimum Gasteiger partial charge on any atom is -0.495 e. The van der Waals surface area contributed by atoms with Gasteiger partial charge in [-0.05, 0) is 56.5 Å².